The zero-order chi connectivity index (χ0) is 20.9. The summed E-state index contributed by atoms with van der Waals surface area (Å²) in [4.78, 5) is 1.48. The number of benzene rings is 2. The Morgan fingerprint density at radius 3 is 2.50 bits per heavy atom. The van der Waals surface area contributed by atoms with E-state index in [0.29, 0.717) is 5.92 Å². The Hall–Kier alpha value is -2.86. The lowest BCUT2D eigenvalue weighted by Crippen LogP contribution is -3.13. The highest BCUT2D eigenvalue weighted by Gasteiger charge is 2.33. The highest BCUT2D eigenvalue weighted by molar-refractivity contribution is 5.65. The molecule has 0 fully saturated rings. The zero-order valence-electron chi connectivity index (χ0n) is 17.6. The molecule has 1 unspecified atom stereocenters. The fraction of sp³-hybridized carbons (Fsp3) is 0.375. The van der Waals surface area contributed by atoms with Crippen LogP contribution in [-0.2, 0) is 13.0 Å². The number of nitrogens with one attached hydrogen (secondary N) is 1. The topological polar surface area (TPSA) is 48.0 Å². The molecule has 6 heteroatoms. The first-order valence-electron chi connectivity index (χ1n) is 10.7. The first-order chi connectivity index (χ1) is 14.6. The highest BCUT2D eigenvalue weighted by atomic mass is 19.1. The second kappa shape index (κ2) is 9.30. The third-order valence-corrected chi connectivity index (χ3v) is 5.94. The van der Waals surface area contributed by atoms with Crippen molar-refractivity contribution in [3.63, 3.8) is 0 Å². The van der Waals surface area contributed by atoms with Crippen LogP contribution in [0, 0.1) is 11.7 Å². The number of hydrogen-bond acceptors (Lipinski definition) is 3. The van der Waals surface area contributed by atoms with Crippen LogP contribution in [0.2, 0.25) is 0 Å². The molecule has 2 aromatic carbocycles. The number of aromatic nitrogens is 4. The molecule has 1 aliphatic rings. The van der Waals surface area contributed by atoms with E-state index in [-0.39, 0.29) is 11.9 Å². The summed E-state index contributed by atoms with van der Waals surface area (Å²) >= 11 is 0. The molecule has 1 aromatic heterocycles. The maximum atomic E-state index is 13.2. The Bertz CT molecular complexity index is 978. The Morgan fingerprint density at radius 1 is 1.07 bits per heavy atom. The standard InChI is InChI=1S/C24H28FN5/c1-18(2)23(24-26-27-28-30(24)17-12-19-6-4-3-5-7-19)29-15-13-21(14-16-29)20-8-10-22(25)11-9-20/h3-11,13,18,23H,12,14-17H2,1-2H3/p+1/t23-/m0/s1. The van der Waals surface area contributed by atoms with Gasteiger partial charge in [-0.25, -0.2) is 9.07 Å². The molecule has 0 radical (unpaired) electrons. The van der Waals surface area contributed by atoms with Crippen molar-refractivity contribution < 1.29 is 9.29 Å². The third kappa shape index (κ3) is 4.65. The highest BCUT2D eigenvalue weighted by Crippen LogP contribution is 2.22. The summed E-state index contributed by atoms with van der Waals surface area (Å²) in [7, 11) is 0. The molecule has 4 rings (SSSR count). The molecule has 0 spiro atoms. The largest absolute Gasteiger partial charge is 0.322 e. The Labute approximate surface area is 177 Å². The summed E-state index contributed by atoms with van der Waals surface area (Å²) in [6.07, 6.45) is 4.17. The van der Waals surface area contributed by atoms with Gasteiger partial charge in [-0.1, -0.05) is 56.3 Å². The van der Waals surface area contributed by atoms with Gasteiger partial charge < -0.3 is 4.90 Å². The minimum atomic E-state index is -0.190. The number of rotatable bonds is 7. The molecular weight excluding hydrogens is 377 g/mol. The predicted molar refractivity (Wildman–Crippen MR) is 115 cm³/mol. The molecule has 0 bridgehead atoms. The van der Waals surface area contributed by atoms with E-state index in [2.05, 4.69) is 59.7 Å². The van der Waals surface area contributed by atoms with Gasteiger partial charge in [-0.15, -0.1) is 5.10 Å². The van der Waals surface area contributed by atoms with Crippen LogP contribution in [0.4, 0.5) is 4.39 Å². The van der Waals surface area contributed by atoms with Crippen LogP contribution < -0.4 is 4.90 Å². The second-order valence-corrected chi connectivity index (χ2v) is 8.32. The SMILES string of the molecule is CC(C)[C@@H](c1nnnn1CCc1ccccc1)[NH+]1CC=C(c2ccc(F)cc2)CC1. The van der Waals surface area contributed by atoms with Crippen LogP contribution in [0.5, 0.6) is 0 Å². The Balaban J connectivity index is 1.49. The Morgan fingerprint density at radius 2 is 1.83 bits per heavy atom. The van der Waals surface area contributed by atoms with E-state index in [1.54, 1.807) is 0 Å². The fourth-order valence-electron chi connectivity index (χ4n) is 4.39. The van der Waals surface area contributed by atoms with Crippen molar-refractivity contribution in [3.8, 4) is 0 Å². The molecule has 0 aliphatic carbocycles. The van der Waals surface area contributed by atoms with Crippen LogP contribution in [0.1, 0.15) is 43.3 Å². The molecule has 2 atom stereocenters. The first-order valence-corrected chi connectivity index (χ1v) is 10.7. The van der Waals surface area contributed by atoms with Gasteiger partial charge >= 0.3 is 0 Å². The van der Waals surface area contributed by atoms with Crippen LogP contribution in [0.3, 0.4) is 0 Å². The van der Waals surface area contributed by atoms with Crippen molar-refractivity contribution in [2.45, 2.75) is 39.3 Å². The van der Waals surface area contributed by atoms with Crippen molar-refractivity contribution >= 4 is 5.57 Å². The monoisotopic (exact) mass is 406 g/mol. The van der Waals surface area contributed by atoms with Gasteiger partial charge in [0, 0.05) is 18.9 Å². The zero-order valence-corrected chi connectivity index (χ0v) is 17.6. The van der Waals surface area contributed by atoms with E-state index >= 15 is 0 Å². The molecule has 0 saturated heterocycles. The molecule has 1 aliphatic heterocycles. The number of halogens is 1. The van der Waals surface area contributed by atoms with Gasteiger partial charge in [0.1, 0.15) is 5.82 Å². The number of aryl methyl sites for hydroxylation is 2. The van der Waals surface area contributed by atoms with E-state index in [0.717, 1.165) is 43.9 Å². The summed E-state index contributed by atoms with van der Waals surface area (Å²) in [6.45, 7) is 7.19. The fourth-order valence-corrected chi connectivity index (χ4v) is 4.39. The molecule has 2 heterocycles. The molecule has 0 amide bonds. The van der Waals surface area contributed by atoms with Crippen LogP contribution in [0.25, 0.3) is 5.57 Å². The van der Waals surface area contributed by atoms with E-state index in [1.165, 1.54) is 28.2 Å². The van der Waals surface area contributed by atoms with E-state index in [9.17, 15) is 4.39 Å². The normalized spacial score (nSPS) is 17.7. The maximum Gasteiger partial charge on any atom is 0.209 e. The van der Waals surface area contributed by atoms with Gasteiger partial charge in [-0.3, -0.25) is 0 Å². The van der Waals surface area contributed by atoms with Crippen molar-refractivity contribution in [1.29, 1.82) is 0 Å². The lowest BCUT2D eigenvalue weighted by molar-refractivity contribution is -0.931. The lowest BCUT2D eigenvalue weighted by atomic mass is 9.95. The smallest absolute Gasteiger partial charge is 0.209 e. The van der Waals surface area contributed by atoms with E-state index < -0.39 is 0 Å². The molecular formula is C24H29FN5+. The lowest BCUT2D eigenvalue weighted by Gasteiger charge is -2.32. The number of quaternary nitrogens is 1. The van der Waals surface area contributed by atoms with Crippen molar-refractivity contribution in [1.82, 2.24) is 20.2 Å². The summed E-state index contributed by atoms with van der Waals surface area (Å²) in [5.41, 5.74) is 3.70. The summed E-state index contributed by atoms with van der Waals surface area (Å²) in [5, 5.41) is 12.7. The Kier molecular flexibility index (Phi) is 6.33. The number of tetrazole rings is 1. The molecule has 0 saturated carbocycles. The third-order valence-electron chi connectivity index (χ3n) is 5.94. The minimum Gasteiger partial charge on any atom is -0.322 e. The van der Waals surface area contributed by atoms with Gasteiger partial charge in [-0.2, -0.15) is 0 Å². The summed E-state index contributed by atoms with van der Waals surface area (Å²) in [6, 6.07) is 17.5. The van der Waals surface area contributed by atoms with Crippen LogP contribution in [0.15, 0.2) is 60.7 Å². The van der Waals surface area contributed by atoms with Gasteiger partial charge in [0.25, 0.3) is 0 Å². The quantitative estimate of drug-likeness (QED) is 0.656. The van der Waals surface area contributed by atoms with Gasteiger partial charge in [-0.05, 0) is 51.8 Å². The number of hydrogen-bond donors (Lipinski definition) is 1. The minimum absolute atomic E-state index is 0.190. The van der Waals surface area contributed by atoms with E-state index in [4.69, 9.17) is 0 Å². The van der Waals surface area contributed by atoms with Crippen LogP contribution in [-0.4, -0.2) is 33.3 Å². The van der Waals surface area contributed by atoms with Gasteiger partial charge in [0.2, 0.25) is 5.82 Å². The number of nitrogens with zero attached hydrogens (tertiary/aromatic N) is 4. The van der Waals surface area contributed by atoms with Crippen molar-refractivity contribution in [2.75, 3.05) is 13.1 Å². The molecule has 5 nitrogen and oxygen atoms in total. The second-order valence-electron chi connectivity index (χ2n) is 8.32. The molecule has 156 valence electrons. The predicted octanol–water partition coefficient (Wildman–Crippen LogP) is 3.12. The van der Waals surface area contributed by atoms with Crippen molar-refractivity contribution in [3.05, 3.63) is 83.4 Å². The molecule has 1 N–H and O–H groups in total. The van der Waals surface area contributed by atoms with Crippen molar-refractivity contribution in [2.24, 2.45) is 5.92 Å². The summed E-state index contributed by atoms with van der Waals surface area (Å²) in [5.74, 6) is 1.20. The average Bonchev–Trinajstić information content (AvgIpc) is 3.22. The molecule has 30 heavy (non-hydrogen) atoms. The molecule has 3 aromatic rings. The maximum absolute atomic E-state index is 13.2. The first kappa shape index (κ1) is 20.4. The van der Waals surface area contributed by atoms with Gasteiger partial charge in [0.15, 0.2) is 6.04 Å². The van der Waals surface area contributed by atoms with Crippen LogP contribution >= 0.6 is 0 Å². The van der Waals surface area contributed by atoms with E-state index in [1.807, 2.05) is 22.9 Å². The summed E-state index contributed by atoms with van der Waals surface area (Å²) < 4.78 is 15.2. The average molecular weight is 407 g/mol. The van der Waals surface area contributed by atoms with Gasteiger partial charge in [0.05, 0.1) is 13.1 Å².